The van der Waals surface area contributed by atoms with Crippen LogP contribution in [0.15, 0.2) is 30.0 Å². The highest BCUT2D eigenvalue weighted by Crippen LogP contribution is 2.63. The van der Waals surface area contributed by atoms with Crippen molar-refractivity contribution in [1.82, 2.24) is 4.90 Å². The van der Waals surface area contributed by atoms with Crippen LogP contribution < -0.4 is 9.64 Å². The molecule has 1 rings (SSSR count). The highest BCUT2D eigenvalue weighted by Gasteiger charge is 2.93. The predicted octanol–water partition coefficient (Wildman–Crippen LogP) is 8.10. The SMILES string of the molecule is CCCN(C)c1cccc(C(=O)N(C)C)c1OC(F)=C(F)C(F)(F)C(F)(F)C(F)(F)C(F)(F)C(F)(F)C(F)(F)C(F)(F)F. The maximum absolute atomic E-state index is 14.5. The quantitative estimate of drug-likeness (QED) is 0.167. The highest BCUT2D eigenvalue weighted by molar-refractivity contribution is 5.98. The van der Waals surface area contributed by atoms with Gasteiger partial charge in [-0.15, -0.1) is 0 Å². The second kappa shape index (κ2) is 11.7. The maximum Gasteiger partial charge on any atom is 0.460 e. The Morgan fingerprint density at radius 1 is 0.721 bits per heavy atom. The van der Waals surface area contributed by atoms with E-state index in [1.54, 1.807) is 6.92 Å². The zero-order chi connectivity index (χ0) is 34.4. The summed E-state index contributed by atoms with van der Waals surface area (Å²) < 4.78 is 234. The predicted molar refractivity (Wildman–Crippen MR) is 114 cm³/mol. The largest absolute Gasteiger partial charge is 0.460 e. The van der Waals surface area contributed by atoms with Gasteiger partial charge in [-0.1, -0.05) is 13.0 Å². The zero-order valence-electron chi connectivity index (χ0n) is 21.8. The van der Waals surface area contributed by atoms with Gasteiger partial charge in [0.2, 0.25) is 5.83 Å². The Hall–Kier alpha value is -3.16. The molecule has 0 saturated carbocycles. The third kappa shape index (κ3) is 5.99. The van der Waals surface area contributed by atoms with Crippen molar-refractivity contribution in [2.45, 2.75) is 55.1 Å². The van der Waals surface area contributed by atoms with Gasteiger partial charge in [0.15, 0.2) is 5.75 Å². The summed E-state index contributed by atoms with van der Waals surface area (Å²) >= 11 is 0. The first kappa shape index (κ1) is 37.9. The molecule has 0 heterocycles. The number of halogens is 17. The van der Waals surface area contributed by atoms with E-state index >= 15 is 0 Å². The van der Waals surface area contributed by atoms with Gasteiger partial charge in [-0.2, -0.15) is 74.6 Å². The number of hydrogen-bond acceptors (Lipinski definition) is 3. The normalized spacial score (nSPS) is 14.8. The van der Waals surface area contributed by atoms with Crippen LogP contribution in [0, 0.1) is 0 Å². The molecule has 0 fully saturated rings. The summed E-state index contributed by atoms with van der Waals surface area (Å²) in [7, 11) is 3.32. The van der Waals surface area contributed by atoms with Crippen molar-refractivity contribution in [3.05, 3.63) is 35.6 Å². The van der Waals surface area contributed by atoms with Crippen LogP contribution in [-0.4, -0.2) is 80.2 Å². The number of ether oxygens (including phenoxy) is 1. The van der Waals surface area contributed by atoms with Gasteiger partial charge in [-0.05, 0) is 18.6 Å². The van der Waals surface area contributed by atoms with Crippen LogP contribution in [0.25, 0.3) is 0 Å². The van der Waals surface area contributed by atoms with E-state index in [1.165, 1.54) is 7.05 Å². The van der Waals surface area contributed by atoms with Crippen LogP contribution >= 0.6 is 0 Å². The Morgan fingerprint density at radius 2 is 1.16 bits per heavy atom. The number of para-hydroxylation sites is 1. The number of anilines is 1. The van der Waals surface area contributed by atoms with Crippen molar-refractivity contribution in [1.29, 1.82) is 0 Å². The van der Waals surface area contributed by atoms with Crippen LogP contribution in [0.5, 0.6) is 5.75 Å². The second-order valence-corrected chi connectivity index (χ2v) is 8.91. The third-order valence-corrected chi connectivity index (χ3v) is 5.57. The van der Waals surface area contributed by atoms with Crippen LogP contribution in [-0.2, 0) is 0 Å². The maximum atomic E-state index is 14.5. The van der Waals surface area contributed by atoms with Crippen molar-refractivity contribution in [3.8, 4) is 5.75 Å². The average Bonchev–Trinajstić information content (AvgIpc) is 2.86. The molecule has 1 amide bonds. The molecule has 0 N–H and O–H groups in total. The number of carbonyl (C=O) groups is 1. The fourth-order valence-corrected chi connectivity index (χ4v) is 3.16. The third-order valence-electron chi connectivity index (χ3n) is 5.57. The number of hydrogen-bond donors (Lipinski definition) is 0. The van der Waals surface area contributed by atoms with Gasteiger partial charge < -0.3 is 14.5 Å². The summed E-state index contributed by atoms with van der Waals surface area (Å²) in [6, 6.07) is -0.809. The monoisotopic (exact) mass is 666 g/mol. The lowest BCUT2D eigenvalue weighted by Gasteiger charge is -2.41. The van der Waals surface area contributed by atoms with Crippen LogP contribution in [0.2, 0.25) is 0 Å². The molecule has 0 aromatic heterocycles. The number of carbonyl (C=O) groups excluding carboxylic acids is 1. The molecular weight excluding hydrogens is 647 g/mol. The molecule has 4 nitrogen and oxygen atoms in total. The molecule has 0 bridgehead atoms. The molecule has 0 spiro atoms. The molecule has 0 unspecified atom stereocenters. The first-order valence-corrected chi connectivity index (χ1v) is 11.1. The highest BCUT2D eigenvalue weighted by atomic mass is 19.4. The van der Waals surface area contributed by atoms with Crippen LogP contribution in [0.4, 0.5) is 80.3 Å². The number of nitrogens with zero attached hydrogens (tertiary/aromatic N) is 2. The van der Waals surface area contributed by atoms with Gasteiger partial charge >= 0.3 is 47.7 Å². The number of rotatable bonds is 12. The first-order chi connectivity index (χ1) is 19.0. The molecule has 248 valence electrons. The number of allylic oxidation sites excluding steroid dienone is 1. The summed E-state index contributed by atoms with van der Waals surface area (Å²) in [5.41, 5.74) is -1.27. The van der Waals surface area contributed by atoms with E-state index < -0.39 is 76.5 Å². The molecule has 0 radical (unpaired) electrons. The summed E-state index contributed by atoms with van der Waals surface area (Å²) in [5, 5.41) is 0. The van der Waals surface area contributed by atoms with E-state index in [4.69, 9.17) is 0 Å². The van der Waals surface area contributed by atoms with Gasteiger partial charge in [-0.3, -0.25) is 4.79 Å². The fourth-order valence-electron chi connectivity index (χ4n) is 3.16. The van der Waals surface area contributed by atoms with Crippen LogP contribution in [0.3, 0.4) is 0 Å². The molecule has 0 aliphatic rings. The molecule has 43 heavy (non-hydrogen) atoms. The molecule has 0 aliphatic heterocycles. The Morgan fingerprint density at radius 3 is 1.58 bits per heavy atom. The van der Waals surface area contributed by atoms with E-state index in [0.717, 1.165) is 42.1 Å². The lowest BCUT2D eigenvalue weighted by Crippen LogP contribution is -2.72. The fraction of sp³-hybridized carbons (Fsp3) is 0.591. The first-order valence-electron chi connectivity index (χ1n) is 11.1. The summed E-state index contributed by atoms with van der Waals surface area (Å²) in [6.45, 7) is 1.55. The summed E-state index contributed by atoms with van der Waals surface area (Å²) in [6.07, 6.45) is -7.54. The molecule has 0 saturated heterocycles. The molecule has 1 aromatic carbocycles. The Balaban J connectivity index is 3.84. The van der Waals surface area contributed by atoms with Crippen molar-refractivity contribution >= 4 is 11.6 Å². The average molecular weight is 666 g/mol. The lowest BCUT2D eigenvalue weighted by atomic mass is 9.91. The number of alkyl halides is 15. The molecular formula is C22H19F17N2O2. The Labute approximate surface area is 230 Å². The van der Waals surface area contributed by atoms with Crippen molar-refractivity contribution < 1.29 is 84.2 Å². The second-order valence-electron chi connectivity index (χ2n) is 8.91. The van der Waals surface area contributed by atoms with Gasteiger partial charge in [-0.25, -0.2) is 0 Å². The van der Waals surface area contributed by atoms with E-state index in [1.807, 2.05) is 0 Å². The molecule has 1 aromatic rings. The summed E-state index contributed by atoms with van der Waals surface area (Å²) in [4.78, 5) is 14.3. The zero-order valence-corrected chi connectivity index (χ0v) is 21.8. The number of benzene rings is 1. The minimum absolute atomic E-state index is 0.00388. The molecule has 0 aliphatic carbocycles. The van der Waals surface area contributed by atoms with E-state index in [-0.39, 0.29) is 13.0 Å². The molecule has 0 atom stereocenters. The van der Waals surface area contributed by atoms with Gasteiger partial charge in [0.05, 0.1) is 11.3 Å². The van der Waals surface area contributed by atoms with Crippen molar-refractivity contribution in [2.24, 2.45) is 0 Å². The smallest absolute Gasteiger partial charge is 0.427 e. The van der Waals surface area contributed by atoms with Crippen molar-refractivity contribution in [2.75, 3.05) is 32.6 Å². The van der Waals surface area contributed by atoms with Gasteiger partial charge in [0.1, 0.15) is 0 Å². The summed E-state index contributed by atoms with van der Waals surface area (Å²) in [5.74, 6) is -57.1. The van der Waals surface area contributed by atoms with Crippen molar-refractivity contribution in [3.63, 3.8) is 0 Å². The van der Waals surface area contributed by atoms with Gasteiger partial charge in [0.25, 0.3) is 5.91 Å². The topological polar surface area (TPSA) is 32.8 Å². The number of amides is 1. The van der Waals surface area contributed by atoms with E-state index in [0.29, 0.717) is 0 Å². The molecule has 21 heteroatoms. The standard InChI is InChI=1S/C22H19F17N2O2/c1-5-9-41(4)11-8-6-7-10(15(42)40(2)3)12(11)43-14(24)13(23)16(25,26)17(27,28)18(29,30)19(31,32)20(33,34)21(35,36)22(37,38)39/h6-8H,5,9H2,1-4H3. The van der Waals surface area contributed by atoms with E-state index in [9.17, 15) is 79.4 Å². The Kier molecular flexibility index (Phi) is 10.3. The van der Waals surface area contributed by atoms with Crippen LogP contribution in [0.1, 0.15) is 23.7 Å². The minimum atomic E-state index is -8.69. The van der Waals surface area contributed by atoms with E-state index in [2.05, 4.69) is 4.74 Å². The minimum Gasteiger partial charge on any atom is -0.427 e. The Bertz CT molecular complexity index is 1210. The van der Waals surface area contributed by atoms with Gasteiger partial charge in [0, 0.05) is 27.7 Å². The lowest BCUT2D eigenvalue weighted by molar-refractivity contribution is -0.451.